The van der Waals surface area contributed by atoms with E-state index in [0.29, 0.717) is 11.2 Å². The van der Waals surface area contributed by atoms with Crippen LogP contribution in [0.4, 0.5) is 4.39 Å². The topological polar surface area (TPSA) is 12.4 Å². The number of nitrogens with zero attached hydrogens (tertiary/aromatic N) is 1. The summed E-state index contributed by atoms with van der Waals surface area (Å²) < 4.78 is 13.3. The average Bonchev–Trinajstić information content (AvgIpc) is 2.12. The van der Waals surface area contributed by atoms with E-state index in [4.69, 9.17) is 0 Å². The van der Waals surface area contributed by atoms with Gasteiger partial charge in [-0.15, -0.1) is 0 Å². The molecule has 0 aliphatic heterocycles. The van der Waals surface area contributed by atoms with Crippen molar-refractivity contribution in [2.75, 3.05) is 11.9 Å². The van der Waals surface area contributed by atoms with E-state index in [1.54, 1.807) is 6.92 Å². The van der Waals surface area contributed by atoms with Crippen molar-refractivity contribution < 1.29 is 4.39 Å². The standard InChI is InChI=1S/C10H19BrFN/c1-4-9(5-2)6-13-8-10(3,12)7-11/h6,9H,4-5,7-8H2,1-3H3. The third kappa shape index (κ3) is 6.19. The van der Waals surface area contributed by atoms with Gasteiger partial charge in [0.15, 0.2) is 0 Å². The lowest BCUT2D eigenvalue weighted by Crippen LogP contribution is -2.24. The third-order valence-electron chi connectivity index (χ3n) is 2.06. The second kappa shape index (κ2) is 6.52. The maximum Gasteiger partial charge on any atom is 0.137 e. The van der Waals surface area contributed by atoms with Crippen molar-refractivity contribution in [1.82, 2.24) is 0 Å². The normalized spacial score (nSPS) is 16.8. The van der Waals surface area contributed by atoms with Crippen LogP contribution in [0.2, 0.25) is 0 Å². The molecule has 1 unspecified atom stereocenters. The quantitative estimate of drug-likeness (QED) is 0.505. The lowest BCUT2D eigenvalue weighted by molar-refractivity contribution is 0.237. The monoisotopic (exact) mass is 251 g/mol. The molecule has 0 N–H and O–H groups in total. The van der Waals surface area contributed by atoms with Gasteiger partial charge in [-0.3, -0.25) is 4.99 Å². The van der Waals surface area contributed by atoms with Crippen LogP contribution in [-0.2, 0) is 0 Å². The SMILES string of the molecule is CCC(C=NCC(C)(F)CBr)CC. The lowest BCUT2D eigenvalue weighted by atomic mass is 10.1. The highest BCUT2D eigenvalue weighted by molar-refractivity contribution is 9.09. The maximum absolute atomic E-state index is 13.3. The van der Waals surface area contributed by atoms with E-state index in [2.05, 4.69) is 34.8 Å². The van der Waals surface area contributed by atoms with Crippen molar-refractivity contribution >= 4 is 22.1 Å². The molecule has 13 heavy (non-hydrogen) atoms. The number of aliphatic imine (C=N–C) groups is 1. The molecule has 78 valence electrons. The van der Waals surface area contributed by atoms with Crippen molar-refractivity contribution in [3.63, 3.8) is 0 Å². The zero-order valence-electron chi connectivity index (χ0n) is 8.69. The molecule has 0 aliphatic carbocycles. The smallest absolute Gasteiger partial charge is 0.137 e. The molecule has 0 amide bonds. The Morgan fingerprint density at radius 3 is 2.38 bits per heavy atom. The predicted octanol–water partition coefficient (Wildman–Crippen LogP) is 3.62. The van der Waals surface area contributed by atoms with Crippen LogP contribution in [-0.4, -0.2) is 23.8 Å². The molecule has 0 aromatic rings. The molecule has 0 fully saturated rings. The molecule has 0 saturated heterocycles. The molecule has 0 bridgehead atoms. The summed E-state index contributed by atoms with van der Waals surface area (Å²) in [7, 11) is 0. The van der Waals surface area contributed by atoms with Gasteiger partial charge in [0.1, 0.15) is 5.67 Å². The summed E-state index contributed by atoms with van der Waals surface area (Å²) in [5.74, 6) is 0.506. The van der Waals surface area contributed by atoms with Crippen LogP contribution in [0, 0.1) is 5.92 Å². The first-order chi connectivity index (χ1) is 6.05. The molecule has 0 saturated carbocycles. The number of hydrogen-bond donors (Lipinski definition) is 0. The van der Waals surface area contributed by atoms with E-state index < -0.39 is 5.67 Å². The number of rotatable bonds is 6. The first-order valence-corrected chi connectivity index (χ1v) is 5.92. The molecule has 0 aromatic heterocycles. The molecule has 0 aliphatic rings. The second-order valence-corrected chi connectivity index (χ2v) is 4.17. The summed E-state index contributed by atoms with van der Waals surface area (Å²) in [6, 6.07) is 0. The Morgan fingerprint density at radius 1 is 1.46 bits per heavy atom. The van der Waals surface area contributed by atoms with E-state index in [9.17, 15) is 4.39 Å². The van der Waals surface area contributed by atoms with Crippen LogP contribution >= 0.6 is 15.9 Å². The summed E-state index contributed by atoms with van der Waals surface area (Å²) >= 11 is 3.12. The van der Waals surface area contributed by atoms with Gasteiger partial charge in [-0.1, -0.05) is 29.8 Å². The first-order valence-electron chi connectivity index (χ1n) is 4.80. The molecule has 0 aromatic carbocycles. The van der Waals surface area contributed by atoms with E-state index in [0.717, 1.165) is 12.8 Å². The zero-order valence-corrected chi connectivity index (χ0v) is 10.3. The Kier molecular flexibility index (Phi) is 6.56. The molecule has 3 heteroatoms. The fourth-order valence-corrected chi connectivity index (χ4v) is 1.11. The number of halogens is 2. The summed E-state index contributed by atoms with van der Waals surface area (Å²) in [5, 5.41) is 0.347. The van der Waals surface area contributed by atoms with Crippen molar-refractivity contribution in [3.05, 3.63) is 0 Å². The van der Waals surface area contributed by atoms with E-state index in [-0.39, 0.29) is 6.54 Å². The number of hydrogen-bond acceptors (Lipinski definition) is 1. The largest absolute Gasteiger partial charge is 0.294 e. The van der Waals surface area contributed by atoms with Gasteiger partial charge < -0.3 is 0 Å². The Bertz CT molecular complexity index is 153. The van der Waals surface area contributed by atoms with Gasteiger partial charge in [-0.05, 0) is 25.7 Å². The highest BCUT2D eigenvalue weighted by Gasteiger charge is 2.20. The average molecular weight is 252 g/mol. The molecule has 0 heterocycles. The second-order valence-electron chi connectivity index (χ2n) is 3.61. The first kappa shape index (κ1) is 13.1. The molecule has 1 nitrogen and oxygen atoms in total. The lowest BCUT2D eigenvalue weighted by Gasteiger charge is -2.14. The van der Waals surface area contributed by atoms with Crippen LogP contribution < -0.4 is 0 Å². The summed E-state index contributed by atoms with van der Waals surface area (Å²) in [4.78, 5) is 4.13. The van der Waals surface area contributed by atoms with Crippen molar-refractivity contribution in [2.45, 2.75) is 39.3 Å². The maximum atomic E-state index is 13.3. The van der Waals surface area contributed by atoms with Crippen LogP contribution in [0.15, 0.2) is 4.99 Å². The highest BCUT2D eigenvalue weighted by Crippen LogP contribution is 2.14. The Hall–Kier alpha value is 0.0800. The molecule has 0 spiro atoms. The van der Waals surface area contributed by atoms with Gasteiger partial charge >= 0.3 is 0 Å². The van der Waals surface area contributed by atoms with Crippen molar-refractivity contribution in [2.24, 2.45) is 10.9 Å². The molecular formula is C10H19BrFN. The summed E-state index contributed by atoms with van der Waals surface area (Å²) in [5.41, 5.74) is -1.21. The molecule has 0 radical (unpaired) electrons. The van der Waals surface area contributed by atoms with Gasteiger partial charge in [0, 0.05) is 11.5 Å². The summed E-state index contributed by atoms with van der Waals surface area (Å²) in [6.07, 6.45) is 4.05. The van der Waals surface area contributed by atoms with Gasteiger partial charge in [0.2, 0.25) is 0 Å². The fraction of sp³-hybridized carbons (Fsp3) is 0.900. The highest BCUT2D eigenvalue weighted by atomic mass is 79.9. The minimum atomic E-state index is -1.21. The summed E-state index contributed by atoms with van der Waals surface area (Å²) in [6.45, 7) is 6.07. The van der Waals surface area contributed by atoms with Gasteiger partial charge in [0.05, 0.1) is 6.54 Å². The van der Waals surface area contributed by atoms with Gasteiger partial charge in [0.25, 0.3) is 0 Å². The molecular weight excluding hydrogens is 233 g/mol. The van der Waals surface area contributed by atoms with Crippen molar-refractivity contribution in [1.29, 1.82) is 0 Å². The van der Waals surface area contributed by atoms with Gasteiger partial charge in [-0.2, -0.15) is 0 Å². The van der Waals surface area contributed by atoms with Crippen LogP contribution in [0.25, 0.3) is 0 Å². The molecule has 1 atom stereocenters. The zero-order chi connectivity index (χ0) is 10.3. The van der Waals surface area contributed by atoms with E-state index in [1.165, 1.54) is 0 Å². The Labute approximate surface area is 89.0 Å². The van der Waals surface area contributed by atoms with Crippen LogP contribution in [0.3, 0.4) is 0 Å². The van der Waals surface area contributed by atoms with E-state index in [1.807, 2.05) is 6.21 Å². The van der Waals surface area contributed by atoms with E-state index >= 15 is 0 Å². The minimum Gasteiger partial charge on any atom is -0.294 e. The third-order valence-corrected chi connectivity index (χ3v) is 3.23. The van der Waals surface area contributed by atoms with Crippen molar-refractivity contribution in [3.8, 4) is 0 Å². The Balaban J connectivity index is 3.85. The van der Waals surface area contributed by atoms with Crippen LogP contribution in [0.5, 0.6) is 0 Å². The fourth-order valence-electron chi connectivity index (χ4n) is 0.934. The van der Waals surface area contributed by atoms with Gasteiger partial charge in [-0.25, -0.2) is 4.39 Å². The number of alkyl halides is 2. The minimum absolute atomic E-state index is 0.259. The van der Waals surface area contributed by atoms with Crippen LogP contribution in [0.1, 0.15) is 33.6 Å². The Morgan fingerprint density at radius 2 is 2.00 bits per heavy atom. The predicted molar refractivity (Wildman–Crippen MR) is 60.7 cm³/mol. The molecule has 0 rings (SSSR count).